The molecule has 96 valence electrons. The van der Waals surface area contributed by atoms with Crippen LogP contribution in [0.5, 0.6) is 0 Å². The molecular formula is C12H20ClN3O. The molecule has 1 rings (SSSR count). The zero-order valence-corrected chi connectivity index (χ0v) is 11.1. The van der Waals surface area contributed by atoms with E-state index < -0.39 is 0 Å². The summed E-state index contributed by atoms with van der Waals surface area (Å²) in [7, 11) is 0. The summed E-state index contributed by atoms with van der Waals surface area (Å²) in [4.78, 5) is 4.10. The summed E-state index contributed by atoms with van der Waals surface area (Å²) >= 11 is 5.97. The van der Waals surface area contributed by atoms with Gasteiger partial charge in [-0.2, -0.15) is 0 Å². The quantitative estimate of drug-likeness (QED) is 0.738. The number of halogens is 1. The van der Waals surface area contributed by atoms with Gasteiger partial charge in [0.05, 0.1) is 23.5 Å². The highest BCUT2D eigenvalue weighted by Gasteiger charge is 2.01. The van der Waals surface area contributed by atoms with Gasteiger partial charge in [-0.3, -0.25) is 0 Å². The summed E-state index contributed by atoms with van der Waals surface area (Å²) in [6, 6.07) is 1.68. The molecule has 4 nitrogen and oxygen atoms in total. The lowest BCUT2D eigenvalue weighted by Crippen LogP contribution is -2.12. The summed E-state index contributed by atoms with van der Waals surface area (Å²) < 4.78 is 5.47. The van der Waals surface area contributed by atoms with E-state index in [4.69, 9.17) is 22.1 Å². The summed E-state index contributed by atoms with van der Waals surface area (Å²) in [5.41, 5.74) is 6.11. The highest BCUT2D eigenvalue weighted by atomic mass is 35.5. The van der Waals surface area contributed by atoms with Gasteiger partial charge in [-0.1, -0.05) is 25.4 Å². The molecular weight excluding hydrogens is 238 g/mol. The molecule has 1 aromatic rings. The summed E-state index contributed by atoms with van der Waals surface area (Å²) in [6.07, 6.45) is 2.66. The maximum atomic E-state index is 5.97. The van der Waals surface area contributed by atoms with Crippen LogP contribution in [0.4, 0.5) is 11.5 Å². The Balaban J connectivity index is 2.18. The van der Waals surface area contributed by atoms with Gasteiger partial charge in [-0.15, -0.1) is 0 Å². The lowest BCUT2D eigenvalue weighted by atomic mass is 10.1. The molecule has 0 atom stereocenters. The minimum absolute atomic E-state index is 0.534. The van der Waals surface area contributed by atoms with E-state index in [1.807, 2.05) is 0 Å². The summed E-state index contributed by atoms with van der Waals surface area (Å²) in [5, 5.41) is 3.64. The van der Waals surface area contributed by atoms with Gasteiger partial charge < -0.3 is 15.8 Å². The van der Waals surface area contributed by atoms with Crippen LogP contribution in [-0.4, -0.2) is 24.7 Å². The van der Waals surface area contributed by atoms with Gasteiger partial charge in [-0.25, -0.2) is 4.98 Å². The maximum Gasteiger partial charge on any atom is 0.144 e. The van der Waals surface area contributed by atoms with Crippen LogP contribution in [0.2, 0.25) is 5.02 Å². The summed E-state index contributed by atoms with van der Waals surface area (Å²) in [5.74, 6) is 1.32. The van der Waals surface area contributed by atoms with Crippen molar-refractivity contribution in [2.75, 3.05) is 30.8 Å². The third-order valence-corrected chi connectivity index (χ3v) is 2.53. The van der Waals surface area contributed by atoms with Crippen LogP contribution in [0.25, 0.3) is 0 Å². The lowest BCUT2D eigenvalue weighted by Gasteiger charge is -2.09. The van der Waals surface area contributed by atoms with E-state index in [0.29, 0.717) is 35.6 Å². The molecule has 17 heavy (non-hydrogen) atoms. The average Bonchev–Trinajstić information content (AvgIpc) is 2.25. The molecule has 5 heteroatoms. The molecule has 0 bridgehead atoms. The molecule has 0 aromatic carbocycles. The molecule has 0 saturated heterocycles. The number of ether oxygens (including phenoxy) is 1. The number of aromatic nitrogens is 1. The second-order valence-electron chi connectivity index (χ2n) is 4.32. The number of anilines is 2. The van der Waals surface area contributed by atoms with Crippen molar-refractivity contribution in [3.63, 3.8) is 0 Å². The number of hydrogen-bond donors (Lipinski definition) is 2. The van der Waals surface area contributed by atoms with Crippen LogP contribution in [0, 0.1) is 5.92 Å². The third-order valence-electron chi connectivity index (χ3n) is 2.24. The van der Waals surface area contributed by atoms with E-state index in [0.717, 1.165) is 13.0 Å². The van der Waals surface area contributed by atoms with Gasteiger partial charge in [0, 0.05) is 13.2 Å². The fourth-order valence-electron chi connectivity index (χ4n) is 1.25. The molecule has 0 spiro atoms. The number of pyridine rings is 1. The summed E-state index contributed by atoms with van der Waals surface area (Å²) in [6.45, 7) is 6.49. The first kappa shape index (κ1) is 14.1. The molecule has 3 N–H and O–H groups in total. The van der Waals surface area contributed by atoms with Crippen molar-refractivity contribution in [3.05, 3.63) is 17.3 Å². The van der Waals surface area contributed by atoms with Gasteiger partial charge in [0.2, 0.25) is 0 Å². The standard InChI is InChI=1S/C12H20ClN3O/c1-9(2)3-5-17-6-4-15-12-11(13)7-10(14)8-16-12/h7-9H,3-6,14H2,1-2H3,(H,15,16). The number of nitrogens with zero attached hydrogens (tertiary/aromatic N) is 1. The first-order chi connectivity index (χ1) is 8.09. The smallest absolute Gasteiger partial charge is 0.144 e. The first-order valence-electron chi connectivity index (χ1n) is 5.82. The first-order valence-corrected chi connectivity index (χ1v) is 6.20. The van der Waals surface area contributed by atoms with E-state index in [1.54, 1.807) is 12.3 Å². The van der Waals surface area contributed by atoms with Crippen LogP contribution in [0.3, 0.4) is 0 Å². The largest absolute Gasteiger partial charge is 0.397 e. The Kier molecular flexibility index (Phi) is 6.08. The highest BCUT2D eigenvalue weighted by Crippen LogP contribution is 2.20. The van der Waals surface area contributed by atoms with E-state index in [-0.39, 0.29) is 0 Å². The van der Waals surface area contributed by atoms with Crippen LogP contribution >= 0.6 is 11.6 Å². The second kappa shape index (κ2) is 7.35. The van der Waals surface area contributed by atoms with Crippen LogP contribution in [-0.2, 0) is 4.74 Å². The van der Waals surface area contributed by atoms with Gasteiger partial charge in [0.25, 0.3) is 0 Å². The van der Waals surface area contributed by atoms with Crippen molar-refractivity contribution >= 4 is 23.1 Å². The van der Waals surface area contributed by atoms with Crippen molar-refractivity contribution in [1.82, 2.24) is 4.98 Å². The molecule has 0 unspecified atom stereocenters. The minimum Gasteiger partial charge on any atom is -0.397 e. The minimum atomic E-state index is 0.534. The predicted octanol–water partition coefficient (Wildman–Crippen LogP) is 2.79. The van der Waals surface area contributed by atoms with Crippen molar-refractivity contribution in [3.8, 4) is 0 Å². The van der Waals surface area contributed by atoms with Crippen molar-refractivity contribution < 1.29 is 4.74 Å². The molecule has 1 aromatic heterocycles. The Morgan fingerprint density at radius 2 is 2.24 bits per heavy atom. The van der Waals surface area contributed by atoms with Crippen molar-refractivity contribution in [1.29, 1.82) is 0 Å². The maximum absolute atomic E-state index is 5.97. The fourth-order valence-corrected chi connectivity index (χ4v) is 1.49. The van der Waals surface area contributed by atoms with Gasteiger partial charge in [0.15, 0.2) is 0 Å². The molecule has 1 heterocycles. The molecule has 0 amide bonds. The fraction of sp³-hybridized carbons (Fsp3) is 0.583. The van der Waals surface area contributed by atoms with Crippen LogP contribution in [0.1, 0.15) is 20.3 Å². The van der Waals surface area contributed by atoms with Crippen molar-refractivity contribution in [2.24, 2.45) is 5.92 Å². The van der Waals surface area contributed by atoms with E-state index in [9.17, 15) is 0 Å². The van der Waals surface area contributed by atoms with E-state index >= 15 is 0 Å². The van der Waals surface area contributed by atoms with Crippen LogP contribution in [0.15, 0.2) is 12.3 Å². The molecule has 0 aliphatic carbocycles. The van der Waals surface area contributed by atoms with Gasteiger partial charge >= 0.3 is 0 Å². The average molecular weight is 258 g/mol. The van der Waals surface area contributed by atoms with E-state index in [1.165, 1.54) is 0 Å². The Hall–Kier alpha value is -1.00. The monoisotopic (exact) mass is 257 g/mol. The van der Waals surface area contributed by atoms with Crippen LogP contribution < -0.4 is 11.1 Å². The second-order valence-corrected chi connectivity index (χ2v) is 4.73. The molecule has 0 radical (unpaired) electrons. The van der Waals surface area contributed by atoms with E-state index in [2.05, 4.69) is 24.1 Å². The Morgan fingerprint density at radius 1 is 1.47 bits per heavy atom. The number of nitrogens with two attached hydrogens (primary N) is 1. The number of nitrogens with one attached hydrogen (secondary N) is 1. The van der Waals surface area contributed by atoms with Gasteiger partial charge in [0.1, 0.15) is 5.82 Å². The van der Waals surface area contributed by atoms with Gasteiger partial charge in [-0.05, 0) is 18.4 Å². The molecule has 0 fully saturated rings. The number of rotatable bonds is 7. The zero-order chi connectivity index (χ0) is 12.7. The number of hydrogen-bond acceptors (Lipinski definition) is 4. The normalized spacial score (nSPS) is 10.8. The Morgan fingerprint density at radius 3 is 2.88 bits per heavy atom. The topological polar surface area (TPSA) is 60.2 Å². The molecule has 0 saturated carbocycles. The Bertz CT molecular complexity index is 345. The van der Waals surface area contributed by atoms with Crippen molar-refractivity contribution in [2.45, 2.75) is 20.3 Å². The molecule has 0 aliphatic heterocycles. The lowest BCUT2D eigenvalue weighted by molar-refractivity contribution is 0.132. The number of nitrogen functional groups attached to an aromatic ring is 1. The third kappa shape index (κ3) is 5.75. The highest BCUT2D eigenvalue weighted by molar-refractivity contribution is 6.33. The predicted molar refractivity (Wildman–Crippen MR) is 72.4 cm³/mol. The zero-order valence-electron chi connectivity index (χ0n) is 10.4. The SMILES string of the molecule is CC(C)CCOCCNc1ncc(N)cc1Cl. The Labute approximate surface area is 108 Å². The molecule has 0 aliphatic rings.